The molecule has 27 heavy (non-hydrogen) atoms. The summed E-state index contributed by atoms with van der Waals surface area (Å²) in [5.74, 6) is -0.576. The number of fused-ring (bicyclic) bond motifs is 3. The highest BCUT2D eigenvalue weighted by Crippen LogP contribution is 2.27. The van der Waals surface area contributed by atoms with E-state index in [-0.39, 0.29) is 17.9 Å². The smallest absolute Gasteiger partial charge is 0.295 e. The first-order valence-electron chi connectivity index (χ1n) is 8.44. The molecule has 0 radical (unpaired) electrons. The van der Waals surface area contributed by atoms with Crippen molar-refractivity contribution in [2.45, 2.75) is 6.42 Å². The molecule has 0 aliphatic carbocycles. The summed E-state index contributed by atoms with van der Waals surface area (Å²) in [6.45, 7) is 0. The highest BCUT2D eigenvalue weighted by molar-refractivity contribution is 6.09. The zero-order chi connectivity index (χ0) is 19.1. The number of nitrogens with one attached hydrogen (secondary N) is 1. The van der Waals surface area contributed by atoms with Crippen molar-refractivity contribution in [2.24, 2.45) is 0 Å². The molecule has 2 aromatic carbocycles. The van der Waals surface area contributed by atoms with Crippen molar-refractivity contribution in [3.8, 4) is 5.69 Å². The normalized spacial score (nSPS) is 11.2. The van der Waals surface area contributed by atoms with Crippen LogP contribution in [-0.2, 0) is 11.2 Å². The van der Waals surface area contributed by atoms with Crippen LogP contribution >= 0.6 is 0 Å². The predicted molar refractivity (Wildman–Crippen MR) is 102 cm³/mol. The third-order valence-electron chi connectivity index (χ3n) is 4.49. The lowest BCUT2D eigenvalue weighted by Crippen LogP contribution is -2.27. The maximum Gasteiger partial charge on any atom is 0.295 e. The Morgan fingerprint density at radius 1 is 1.19 bits per heavy atom. The Morgan fingerprint density at radius 3 is 2.63 bits per heavy atom. The van der Waals surface area contributed by atoms with Gasteiger partial charge in [0.05, 0.1) is 17.8 Å². The fourth-order valence-electron chi connectivity index (χ4n) is 3.12. The molecule has 0 spiro atoms. The second-order valence-electron chi connectivity index (χ2n) is 6.53. The molecule has 0 fully saturated rings. The van der Waals surface area contributed by atoms with Gasteiger partial charge in [-0.1, -0.05) is 18.2 Å². The standard InChI is InChI=1S/C20H17FN4O2/c1-24(2)17(26)11-16-18-14-10-12(21)8-9-15(14)22-19(18)20(27)25(23-16)13-6-4-3-5-7-13/h3-10,22H,11H2,1-2H3. The monoisotopic (exact) mass is 364 g/mol. The Balaban J connectivity index is 2.08. The van der Waals surface area contributed by atoms with Gasteiger partial charge in [-0.05, 0) is 30.3 Å². The first kappa shape index (κ1) is 17.0. The van der Waals surface area contributed by atoms with Crippen molar-refractivity contribution >= 4 is 27.7 Å². The number of benzene rings is 2. The molecule has 4 rings (SSSR count). The summed E-state index contributed by atoms with van der Waals surface area (Å²) in [6, 6.07) is 13.2. The van der Waals surface area contributed by atoms with Gasteiger partial charge in [-0.2, -0.15) is 9.78 Å². The molecule has 0 atom stereocenters. The van der Waals surface area contributed by atoms with E-state index in [1.807, 2.05) is 6.07 Å². The molecule has 136 valence electrons. The number of halogens is 1. The number of hydrogen-bond acceptors (Lipinski definition) is 3. The average molecular weight is 364 g/mol. The lowest BCUT2D eigenvalue weighted by molar-refractivity contribution is -0.128. The van der Waals surface area contributed by atoms with Crippen molar-refractivity contribution in [1.82, 2.24) is 19.7 Å². The second-order valence-corrected chi connectivity index (χ2v) is 6.53. The molecule has 1 amide bonds. The van der Waals surface area contributed by atoms with Crippen molar-refractivity contribution in [2.75, 3.05) is 14.1 Å². The molecule has 2 aromatic heterocycles. The average Bonchev–Trinajstić information content (AvgIpc) is 3.04. The Hall–Kier alpha value is -3.48. The van der Waals surface area contributed by atoms with Crippen molar-refractivity contribution in [3.05, 3.63) is 70.4 Å². The van der Waals surface area contributed by atoms with Gasteiger partial charge in [0.15, 0.2) is 0 Å². The molecule has 6 nitrogen and oxygen atoms in total. The first-order chi connectivity index (χ1) is 13.0. The Bertz CT molecular complexity index is 1230. The molecule has 0 saturated carbocycles. The summed E-state index contributed by atoms with van der Waals surface area (Å²) in [5, 5.41) is 5.48. The second kappa shape index (κ2) is 6.35. The van der Waals surface area contributed by atoms with E-state index < -0.39 is 5.82 Å². The van der Waals surface area contributed by atoms with Gasteiger partial charge in [0.25, 0.3) is 5.56 Å². The number of carbonyl (C=O) groups excluding carboxylic acids is 1. The molecule has 0 bridgehead atoms. The molecule has 4 aromatic rings. The highest BCUT2D eigenvalue weighted by atomic mass is 19.1. The molecule has 7 heteroatoms. The molecule has 0 saturated heterocycles. The van der Waals surface area contributed by atoms with Gasteiger partial charge in [0.2, 0.25) is 5.91 Å². The molecule has 0 unspecified atom stereocenters. The third kappa shape index (κ3) is 2.87. The maximum atomic E-state index is 13.8. The summed E-state index contributed by atoms with van der Waals surface area (Å²) >= 11 is 0. The number of carbonyl (C=O) groups is 1. The summed E-state index contributed by atoms with van der Waals surface area (Å²) in [6.07, 6.45) is 0.0000796. The van der Waals surface area contributed by atoms with Gasteiger partial charge in [0, 0.05) is 30.4 Å². The number of nitrogens with zero attached hydrogens (tertiary/aromatic N) is 3. The summed E-state index contributed by atoms with van der Waals surface area (Å²) in [5.41, 5.74) is 1.58. The number of likely N-dealkylation sites (N-methyl/N-ethyl adjacent to an activating group) is 1. The van der Waals surface area contributed by atoms with Gasteiger partial charge in [0.1, 0.15) is 11.3 Å². The number of H-pyrrole nitrogens is 1. The third-order valence-corrected chi connectivity index (χ3v) is 4.49. The minimum atomic E-state index is -0.416. The van der Waals surface area contributed by atoms with Crippen LogP contribution in [-0.4, -0.2) is 39.7 Å². The minimum Gasteiger partial charge on any atom is -0.350 e. The van der Waals surface area contributed by atoms with Crippen LogP contribution in [0.1, 0.15) is 5.69 Å². The Labute approximate surface area is 153 Å². The zero-order valence-corrected chi connectivity index (χ0v) is 14.9. The van der Waals surface area contributed by atoms with Crippen LogP contribution in [0.5, 0.6) is 0 Å². The fraction of sp³-hybridized carbons (Fsp3) is 0.150. The Kier molecular flexibility index (Phi) is 3.99. The SMILES string of the molecule is CN(C)C(=O)Cc1nn(-c2ccccc2)c(=O)c2[nH]c3ccc(F)cc3c12. The molecular formula is C20H17FN4O2. The van der Waals surface area contributed by atoms with Gasteiger partial charge in [-0.3, -0.25) is 9.59 Å². The molecule has 0 aliphatic rings. The number of para-hydroxylation sites is 1. The van der Waals surface area contributed by atoms with E-state index in [0.717, 1.165) is 0 Å². The Morgan fingerprint density at radius 2 is 1.93 bits per heavy atom. The van der Waals surface area contributed by atoms with Gasteiger partial charge >= 0.3 is 0 Å². The zero-order valence-electron chi connectivity index (χ0n) is 14.9. The number of amides is 1. The largest absolute Gasteiger partial charge is 0.350 e. The number of hydrogen-bond donors (Lipinski definition) is 1. The number of aromatic amines is 1. The quantitative estimate of drug-likeness (QED) is 0.607. The first-order valence-corrected chi connectivity index (χ1v) is 8.44. The van der Waals surface area contributed by atoms with E-state index in [9.17, 15) is 14.0 Å². The summed E-state index contributed by atoms with van der Waals surface area (Å²) in [7, 11) is 3.31. The van der Waals surface area contributed by atoms with Crippen LogP contribution in [0.25, 0.3) is 27.5 Å². The van der Waals surface area contributed by atoms with Gasteiger partial charge in [-0.15, -0.1) is 0 Å². The molecule has 1 N–H and O–H groups in total. The summed E-state index contributed by atoms with van der Waals surface area (Å²) in [4.78, 5) is 29.9. The van der Waals surface area contributed by atoms with Crippen LogP contribution in [0.15, 0.2) is 53.3 Å². The summed E-state index contributed by atoms with van der Waals surface area (Å²) < 4.78 is 15.1. The minimum absolute atomic E-state index is 0.0000796. The number of rotatable bonds is 3. The van der Waals surface area contributed by atoms with E-state index in [2.05, 4.69) is 10.1 Å². The number of aromatic nitrogens is 3. The van der Waals surface area contributed by atoms with E-state index in [0.29, 0.717) is 33.2 Å². The van der Waals surface area contributed by atoms with Crippen molar-refractivity contribution in [1.29, 1.82) is 0 Å². The van der Waals surface area contributed by atoms with E-state index in [1.54, 1.807) is 44.4 Å². The van der Waals surface area contributed by atoms with E-state index in [1.165, 1.54) is 21.7 Å². The van der Waals surface area contributed by atoms with Crippen molar-refractivity contribution in [3.63, 3.8) is 0 Å². The van der Waals surface area contributed by atoms with Crippen LogP contribution < -0.4 is 5.56 Å². The highest BCUT2D eigenvalue weighted by Gasteiger charge is 2.20. The van der Waals surface area contributed by atoms with Crippen LogP contribution in [0, 0.1) is 5.82 Å². The predicted octanol–water partition coefficient (Wildman–Crippen LogP) is 2.64. The van der Waals surface area contributed by atoms with Crippen LogP contribution in [0.2, 0.25) is 0 Å². The van der Waals surface area contributed by atoms with Gasteiger partial charge < -0.3 is 9.88 Å². The maximum absolute atomic E-state index is 13.8. The molecule has 2 heterocycles. The fourth-order valence-corrected chi connectivity index (χ4v) is 3.12. The molecule has 0 aliphatic heterocycles. The topological polar surface area (TPSA) is 71.0 Å². The van der Waals surface area contributed by atoms with Crippen molar-refractivity contribution < 1.29 is 9.18 Å². The van der Waals surface area contributed by atoms with Gasteiger partial charge in [-0.25, -0.2) is 4.39 Å². The lowest BCUT2D eigenvalue weighted by Gasteiger charge is -2.12. The van der Waals surface area contributed by atoms with Crippen LogP contribution in [0.3, 0.4) is 0 Å². The van der Waals surface area contributed by atoms with Crippen LogP contribution in [0.4, 0.5) is 4.39 Å². The van der Waals surface area contributed by atoms with E-state index >= 15 is 0 Å². The van der Waals surface area contributed by atoms with E-state index in [4.69, 9.17) is 0 Å². The lowest BCUT2D eigenvalue weighted by atomic mass is 10.1. The molecular weight excluding hydrogens is 347 g/mol.